The second kappa shape index (κ2) is 3.84. The molecule has 0 aromatic carbocycles. The Balaban J connectivity index is 4.86. The molecule has 0 aliphatic heterocycles. The van der Waals surface area contributed by atoms with Gasteiger partial charge in [-0.2, -0.15) is 25.8 Å². The maximum atomic E-state index is 11.8. The largest absolute Gasteiger partial charge is 0.512 e. The third-order valence-corrected chi connectivity index (χ3v) is 2.97. The van der Waals surface area contributed by atoms with E-state index in [1.165, 1.54) is 0 Å². The van der Waals surface area contributed by atoms with Crippen molar-refractivity contribution in [3.63, 3.8) is 0 Å². The van der Waals surface area contributed by atoms with Crippen LogP contribution in [0.2, 0.25) is 0 Å². The molecule has 0 aromatic heterocycles. The van der Waals surface area contributed by atoms with E-state index in [0.717, 1.165) is 0 Å². The van der Waals surface area contributed by atoms with Gasteiger partial charge in [0.15, 0.2) is 0 Å². The van der Waals surface area contributed by atoms with Gasteiger partial charge in [0.25, 0.3) is 0 Å². The highest BCUT2D eigenvalue weighted by Gasteiger charge is 2.46. The van der Waals surface area contributed by atoms with E-state index in [1.54, 1.807) is 0 Å². The Morgan fingerprint density at radius 2 is 1.62 bits per heavy atom. The van der Waals surface area contributed by atoms with Gasteiger partial charge in [0.1, 0.15) is 11.1 Å². The molecule has 1 unspecified atom stereocenters. The summed E-state index contributed by atoms with van der Waals surface area (Å²) < 4.78 is 88.4. The highest BCUT2D eigenvalue weighted by atomic mass is 32.3. The van der Waals surface area contributed by atoms with Crippen LogP contribution in [0.5, 0.6) is 0 Å². The maximum absolute atomic E-state index is 11.8. The average molecular weight is 249 g/mol. The lowest BCUT2D eigenvalue weighted by Crippen LogP contribution is -2.33. The quantitative estimate of drug-likeness (QED) is 0.458. The van der Waals surface area contributed by atoms with Crippen LogP contribution in [0.3, 0.4) is 0 Å². The summed E-state index contributed by atoms with van der Waals surface area (Å²) in [6, 6.07) is 0. The number of hydrogen-bond donors (Lipinski definition) is 1. The minimum atomic E-state index is -6.06. The molecule has 0 bridgehead atoms. The minimum Gasteiger partial charge on any atom is -0.202 e. The summed E-state index contributed by atoms with van der Waals surface area (Å²) in [7, 11) is -6.06. The van der Waals surface area contributed by atoms with Gasteiger partial charge < -0.3 is 0 Å². The average Bonchev–Trinajstić information content (AvgIpc) is 1.83. The number of rotatable bonds is 2. The Morgan fingerprint density at radius 3 is 1.85 bits per heavy atom. The third-order valence-electron chi connectivity index (χ3n) is 0.623. The van der Waals surface area contributed by atoms with Gasteiger partial charge in [0, 0.05) is 0 Å². The molecule has 0 spiro atoms. The van der Waals surface area contributed by atoms with Crippen molar-refractivity contribution < 1.29 is 34.3 Å². The molecule has 0 saturated heterocycles. The smallest absolute Gasteiger partial charge is 0.202 e. The van der Waals surface area contributed by atoms with Crippen molar-refractivity contribution >= 4 is 26.5 Å². The molecule has 80 valence electrons. The molecule has 0 radical (unpaired) electrons. The lowest BCUT2D eigenvalue weighted by molar-refractivity contribution is -0.0440. The fourth-order valence-electron chi connectivity index (χ4n) is 0.175. The van der Waals surface area contributed by atoms with Crippen molar-refractivity contribution in [3.05, 3.63) is 0 Å². The summed E-state index contributed by atoms with van der Waals surface area (Å²) in [5.74, 6) is 0. The predicted octanol–water partition coefficient (Wildman–Crippen LogP) is 1.52. The zero-order valence-electron chi connectivity index (χ0n) is 5.40. The predicted molar refractivity (Wildman–Crippen MR) is 34.0 cm³/mol. The highest BCUT2D eigenvalue weighted by Crippen LogP contribution is 2.26. The summed E-state index contributed by atoms with van der Waals surface area (Å²) in [6.07, 6.45) is 0. The molecular weight excluding hydrogens is 248 g/mol. The van der Waals surface area contributed by atoms with Gasteiger partial charge >= 0.3 is 20.9 Å². The molecule has 0 aromatic rings. The molecule has 1 atom stereocenters. The molecule has 0 aliphatic rings. The summed E-state index contributed by atoms with van der Waals surface area (Å²) in [5, 5.41) is -3.08. The molecular formula is C2HF6NO2S2. The molecule has 0 aliphatic carbocycles. The fourth-order valence-corrected chi connectivity index (χ4v) is 1.58. The Bertz CT molecular complexity index is 312. The fraction of sp³-hybridized carbons (Fsp3) is 0.500. The van der Waals surface area contributed by atoms with Crippen molar-refractivity contribution in [1.82, 2.24) is 4.13 Å². The third kappa shape index (κ3) is 3.52. The van der Waals surface area contributed by atoms with Crippen molar-refractivity contribution in [3.8, 4) is 0 Å². The molecule has 1 N–H and O–H groups in total. The summed E-state index contributed by atoms with van der Waals surface area (Å²) in [6.45, 7) is 0. The van der Waals surface area contributed by atoms with E-state index >= 15 is 0 Å². The molecule has 0 saturated carbocycles. The van der Waals surface area contributed by atoms with Crippen molar-refractivity contribution in [2.45, 2.75) is 5.51 Å². The first-order valence-corrected chi connectivity index (χ1v) is 4.86. The van der Waals surface area contributed by atoms with Crippen molar-refractivity contribution in [2.75, 3.05) is 0 Å². The number of hydrogen-bond acceptors (Lipinski definition) is 2. The van der Waals surface area contributed by atoms with E-state index in [2.05, 4.69) is 0 Å². The van der Waals surface area contributed by atoms with Crippen LogP contribution in [0, 0.1) is 0 Å². The zero-order valence-corrected chi connectivity index (χ0v) is 7.03. The first kappa shape index (κ1) is 12.7. The summed E-state index contributed by atoms with van der Waals surface area (Å²) in [5.41, 5.74) is -5.81. The number of alkyl halides is 3. The Kier molecular flexibility index (Phi) is 3.75. The highest BCUT2D eigenvalue weighted by molar-refractivity contribution is 8.17. The van der Waals surface area contributed by atoms with Gasteiger partial charge in [-0.3, -0.25) is 0 Å². The van der Waals surface area contributed by atoms with Crippen LogP contribution in [0.15, 0.2) is 0 Å². The molecule has 3 nitrogen and oxygen atoms in total. The molecule has 11 heteroatoms. The zero-order chi connectivity index (χ0) is 10.9. The minimum absolute atomic E-state index is 0.117. The molecule has 0 rings (SSSR count). The van der Waals surface area contributed by atoms with Crippen LogP contribution in [0.4, 0.5) is 25.8 Å². The normalized spacial score (nSPS) is 15.5. The number of sulfonamides is 1. The van der Waals surface area contributed by atoms with E-state index in [9.17, 15) is 34.3 Å². The lowest BCUT2D eigenvalue weighted by atomic mass is 11.6. The van der Waals surface area contributed by atoms with Crippen molar-refractivity contribution in [1.29, 1.82) is 0 Å². The van der Waals surface area contributed by atoms with Crippen LogP contribution >= 0.6 is 11.1 Å². The van der Waals surface area contributed by atoms with Crippen LogP contribution in [0.1, 0.15) is 0 Å². The van der Waals surface area contributed by atoms with Gasteiger partial charge in [0.2, 0.25) is 0 Å². The maximum Gasteiger partial charge on any atom is 0.512 e. The molecule has 0 fully saturated rings. The van der Waals surface area contributed by atoms with Gasteiger partial charge in [-0.15, -0.1) is 4.13 Å². The van der Waals surface area contributed by atoms with Crippen molar-refractivity contribution in [2.24, 2.45) is 0 Å². The Hall–Kier alpha value is -0.290. The van der Waals surface area contributed by atoms with E-state index in [4.69, 9.17) is 0 Å². The molecule has 0 heterocycles. The lowest BCUT2D eigenvalue weighted by Gasteiger charge is -2.06. The van der Waals surface area contributed by atoms with E-state index in [-0.39, 0.29) is 4.13 Å². The van der Waals surface area contributed by atoms with E-state index < -0.39 is 32.0 Å². The van der Waals surface area contributed by atoms with E-state index in [1.807, 2.05) is 0 Å². The second-order valence-corrected chi connectivity index (χ2v) is 4.47. The SMILES string of the molecule is O=S(=O)(NS(F)=C(F)F)C(F)(F)F. The number of halogens is 6. The monoisotopic (exact) mass is 249 g/mol. The molecule has 13 heavy (non-hydrogen) atoms. The Labute approximate surface area is 71.1 Å². The summed E-state index contributed by atoms with van der Waals surface area (Å²) >= 11 is -3.91. The van der Waals surface area contributed by atoms with Gasteiger partial charge in [-0.05, 0) is 0 Å². The van der Waals surface area contributed by atoms with Gasteiger partial charge in [0.05, 0.1) is 0 Å². The van der Waals surface area contributed by atoms with Crippen LogP contribution in [-0.2, 0) is 10.0 Å². The summed E-state index contributed by atoms with van der Waals surface area (Å²) in [4.78, 5) is 0. The van der Waals surface area contributed by atoms with Gasteiger partial charge in [-0.1, -0.05) is 0 Å². The van der Waals surface area contributed by atoms with Gasteiger partial charge in [-0.25, -0.2) is 8.42 Å². The topological polar surface area (TPSA) is 46.2 Å². The molecule has 0 amide bonds. The number of nitrogens with one attached hydrogen (secondary N) is 1. The van der Waals surface area contributed by atoms with Crippen LogP contribution in [0.25, 0.3) is 0 Å². The second-order valence-electron chi connectivity index (χ2n) is 1.51. The van der Waals surface area contributed by atoms with Crippen LogP contribution < -0.4 is 4.13 Å². The van der Waals surface area contributed by atoms with E-state index in [0.29, 0.717) is 0 Å². The first-order chi connectivity index (χ1) is 5.58. The Morgan fingerprint density at radius 1 is 1.23 bits per heavy atom. The first-order valence-electron chi connectivity index (χ1n) is 2.25. The van der Waals surface area contributed by atoms with Crippen LogP contribution in [-0.4, -0.2) is 19.3 Å². The standard InChI is InChI=1S/C2HF6NO2S2/c3-1(4)12(8)9-13(10,11)2(5,6)7/h9H.